The quantitative estimate of drug-likeness (QED) is 0.569. The number of imide groups is 1. The van der Waals surface area contributed by atoms with Gasteiger partial charge in [-0.05, 0) is 61.9 Å². The van der Waals surface area contributed by atoms with Gasteiger partial charge < -0.3 is 9.64 Å². The molecule has 3 amide bonds. The van der Waals surface area contributed by atoms with E-state index in [9.17, 15) is 14.4 Å². The Bertz CT molecular complexity index is 980. The van der Waals surface area contributed by atoms with Crippen molar-refractivity contribution < 1.29 is 19.1 Å². The fourth-order valence-corrected chi connectivity index (χ4v) is 3.95. The molecule has 0 bridgehead atoms. The number of likely N-dealkylation sites (N-methyl/N-ethyl adjacent to an activating group) is 1. The first-order chi connectivity index (χ1) is 14.9. The van der Waals surface area contributed by atoms with Crippen LogP contribution in [0.4, 0.5) is 4.79 Å². The zero-order chi connectivity index (χ0) is 22.4. The average molecular weight is 439 g/mol. The molecule has 3 rings (SSSR count). The molecule has 0 aliphatic carbocycles. The first-order valence-electron chi connectivity index (χ1n) is 10.2. The van der Waals surface area contributed by atoms with Crippen LogP contribution in [0.2, 0.25) is 0 Å². The summed E-state index contributed by atoms with van der Waals surface area (Å²) in [4.78, 5) is 40.1. The number of nitrogens with zero attached hydrogens (tertiary/aromatic N) is 2. The average Bonchev–Trinajstić information content (AvgIpc) is 3.02. The Morgan fingerprint density at radius 1 is 1.03 bits per heavy atom. The second kappa shape index (κ2) is 10.3. The van der Waals surface area contributed by atoms with Gasteiger partial charge in [0.05, 0.1) is 4.91 Å². The normalized spacial score (nSPS) is 14.9. The van der Waals surface area contributed by atoms with Crippen molar-refractivity contribution in [2.24, 2.45) is 0 Å². The lowest BCUT2D eigenvalue weighted by Gasteiger charge is -2.21. The number of hydrogen-bond donors (Lipinski definition) is 0. The number of amides is 3. The Morgan fingerprint density at radius 2 is 1.68 bits per heavy atom. The summed E-state index contributed by atoms with van der Waals surface area (Å²) >= 11 is 0.855. The Hall–Kier alpha value is -3.06. The zero-order valence-corrected chi connectivity index (χ0v) is 18.8. The fourth-order valence-electron chi connectivity index (χ4n) is 3.11. The van der Waals surface area contributed by atoms with E-state index in [4.69, 9.17) is 4.74 Å². The number of benzene rings is 2. The first-order valence-corrected chi connectivity index (χ1v) is 11.0. The van der Waals surface area contributed by atoms with Gasteiger partial charge in [0, 0.05) is 13.1 Å². The van der Waals surface area contributed by atoms with Crippen LogP contribution in [0.15, 0.2) is 53.4 Å². The third kappa shape index (κ3) is 5.76. The molecule has 2 aromatic rings. The molecule has 0 atom stereocenters. The van der Waals surface area contributed by atoms with Crippen molar-refractivity contribution in [1.29, 1.82) is 0 Å². The summed E-state index contributed by atoms with van der Waals surface area (Å²) in [6.45, 7) is 7.10. The Labute approximate surface area is 186 Å². The maximum atomic E-state index is 12.6. The van der Waals surface area contributed by atoms with Crippen molar-refractivity contribution in [3.63, 3.8) is 0 Å². The maximum absolute atomic E-state index is 12.6. The van der Waals surface area contributed by atoms with Crippen LogP contribution in [-0.4, -0.2) is 46.5 Å². The Morgan fingerprint density at radius 3 is 2.29 bits per heavy atom. The minimum Gasteiger partial charge on any atom is -0.489 e. The lowest BCUT2D eigenvalue weighted by molar-refractivity contribution is -0.135. The van der Waals surface area contributed by atoms with Crippen LogP contribution in [0.3, 0.4) is 0 Å². The molecule has 0 spiro atoms. The molecular weight excluding hydrogens is 412 g/mol. The maximum Gasteiger partial charge on any atom is 0.294 e. The number of rotatable bonds is 8. The number of thioether (sulfide) groups is 1. The first kappa shape index (κ1) is 22.6. The highest BCUT2D eigenvalue weighted by Gasteiger charge is 2.36. The van der Waals surface area contributed by atoms with Gasteiger partial charge in [0.15, 0.2) is 0 Å². The highest BCUT2D eigenvalue weighted by atomic mass is 32.2. The van der Waals surface area contributed by atoms with E-state index in [1.165, 1.54) is 5.56 Å². The third-order valence-electron chi connectivity index (χ3n) is 4.99. The third-order valence-corrected chi connectivity index (χ3v) is 5.89. The molecule has 1 fully saturated rings. The number of hydrogen-bond acceptors (Lipinski definition) is 5. The molecule has 1 saturated heterocycles. The molecule has 0 unspecified atom stereocenters. The molecular formula is C24H26N2O4S. The highest BCUT2D eigenvalue weighted by Crippen LogP contribution is 2.32. The molecule has 162 valence electrons. The van der Waals surface area contributed by atoms with Gasteiger partial charge in [-0.3, -0.25) is 19.3 Å². The van der Waals surface area contributed by atoms with Crippen LogP contribution >= 0.6 is 11.8 Å². The minimum atomic E-state index is -0.435. The second-order valence-corrected chi connectivity index (χ2v) is 8.17. The molecule has 7 heteroatoms. The van der Waals surface area contributed by atoms with Gasteiger partial charge in [-0.15, -0.1) is 0 Å². The molecule has 6 nitrogen and oxygen atoms in total. The lowest BCUT2D eigenvalue weighted by atomic mass is 10.1. The number of ether oxygens (including phenoxy) is 1. The highest BCUT2D eigenvalue weighted by molar-refractivity contribution is 8.18. The molecule has 2 aromatic carbocycles. The van der Waals surface area contributed by atoms with Gasteiger partial charge >= 0.3 is 0 Å². The summed E-state index contributed by atoms with van der Waals surface area (Å²) < 4.78 is 5.80. The summed E-state index contributed by atoms with van der Waals surface area (Å²) in [6.07, 6.45) is 1.66. The van der Waals surface area contributed by atoms with Crippen LogP contribution in [-0.2, 0) is 16.2 Å². The van der Waals surface area contributed by atoms with Crippen molar-refractivity contribution in [2.45, 2.75) is 27.4 Å². The van der Waals surface area contributed by atoms with Crippen LogP contribution < -0.4 is 4.74 Å². The van der Waals surface area contributed by atoms with E-state index < -0.39 is 11.1 Å². The second-order valence-electron chi connectivity index (χ2n) is 7.18. The van der Waals surface area contributed by atoms with Gasteiger partial charge in [-0.1, -0.05) is 42.0 Å². The van der Waals surface area contributed by atoms with E-state index in [2.05, 4.69) is 0 Å². The van der Waals surface area contributed by atoms with E-state index in [1.807, 2.05) is 69.3 Å². The number of carbonyl (C=O) groups excluding carboxylic acids is 3. The van der Waals surface area contributed by atoms with Crippen molar-refractivity contribution in [2.75, 3.05) is 19.6 Å². The van der Waals surface area contributed by atoms with E-state index in [1.54, 1.807) is 11.0 Å². The largest absolute Gasteiger partial charge is 0.489 e. The SMILES string of the molecule is CCN(CC)C(=O)CN1C(=O)S/C(=C\c2ccc(OCc3ccc(C)cc3)cc2)C1=O. The standard InChI is InChI=1S/C24H26N2O4S/c1-4-25(5-2)22(27)15-26-23(28)21(31-24(26)29)14-18-10-12-20(13-11-18)30-16-19-8-6-17(3)7-9-19/h6-14H,4-5,15-16H2,1-3H3/b21-14-. The number of carbonyl (C=O) groups is 3. The van der Waals surface area contributed by atoms with Gasteiger partial charge in [0.25, 0.3) is 11.1 Å². The molecule has 0 saturated carbocycles. The zero-order valence-electron chi connectivity index (χ0n) is 18.0. The van der Waals surface area contributed by atoms with E-state index in [0.29, 0.717) is 24.6 Å². The minimum absolute atomic E-state index is 0.227. The molecule has 1 heterocycles. The van der Waals surface area contributed by atoms with Crippen molar-refractivity contribution >= 4 is 34.9 Å². The van der Waals surface area contributed by atoms with Gasteiger partial charge in [0.1, 0.15) is 18.9 Å². The van der Waals surface area contributed by atoms with E-state index in [0.717, 1.165) is 33.5 Å². The smallest absolute Gasteiger partial charge is 0.294 e. The summed E-state index contributed by atoms with van der Waals surface area (Å²) in [6, 6.07) is 15.5. The summed E-state index contributed by atoms with van der Waals surface area (Å²) in [7, 11) is 0. The summed E-state index contributed by atoms with van der Waals surface area (Å²) in [5.74, 6) is 0.0504. The van der Waals surface area contributed by atoms with Gasteiger partial charge in [-0.25, -0.2) is 0 Å². The topological polar surface area (TPSA) is 66.9 Å². The van der Waals surface area contributed by atoms with Crippen LogP contribution in [0, 0.1) is 6.92 Å². The van der Waals surface area contributed by atoms with Crippen molar-refractivity contribution in [1.82, 2.24) is 9.80 Å². The monoisotopic (exact) mass is 438 g/mol. The Kier molecular flexibility index (Phi) is 7.52. The predicted octanol–water partition coefficient (Wildman–Crippen LogP) is 4.48. The fraction of sp³-hybridized carbons (Fsp3) is 0.292. The predicted molar refractivity (Wildman–Crippen MR) is 123 cm³/mol. The summed E-state index contributed by atoms with van der Waals surface area (Å²) in [5.41, 5.74) is 3.07. The van der Waals surface area contributed by atoms with E-state index in [-0.39, 0.29) is 12.5 Å². The van der Waals surface area contributed by atoms with Crippen LogP contribution in [0.1, 0.15) is 30.5 Å². The molecule has 0 radical (unpaired) electrons. The summed E-state index contributed by atoms with van der Waals surface area (Å²) in [5, 5.41) is -0.421. The van der Waals surface area contributed by atoms with Crippen molar-refractivity contribution in [3.8, 4) is 5.75 Å². The molecule has 31 heavy (non-hydrogen) atoms. The Balaban J connectivity index is 1.62. The van der Waals surface area contributed by atoms with Gasteiger partial charge in [0.2, 0.25) is 5.91 Å². The van der Waals surface area contributed by atoms with Gasteiger partial charge in [-0.2, -0.15) is 0 Å². The molecule has 1 aliphatic heterocycles. The van der Waals surface area contributed by atoms with Crippen molar-refractivity contribution in [3.05, 3.63) is 70.1 Å². The lowest BCUT2D eigenvalue weighted by Crippen LogP contribution is -2.41. The molecule has 1 aliphatic rings. The van der Waals surface area contributed by atoms with Crippen LogP contribution in [0.25, 0.3) is 6.08 Å². The van der Waals surface area contributed by atoms with Crippen LogP contribution in [0.5, 0.6) is 5.75 Å². The molecule has 0 N–H and O–H groups in total. The molecule has 0 aromatic heterocycles. The number of aryl methyl sites for hydroxylation is 1. The van der Waals surface area contributed by atoms with E-state index >= 15 is 0 Å².